The molecule has 0 saturated heterocycles. The average molecular weight is 463 g/mol. The smallest absolute Gasteiger partial charge is 0.263 e. The van der Waals surface area contributed by atoms with Crippen molar-refractivity contribution in [1.29, 1.82) is 0 Å². The van der Waals surface area contributed by atoms with Crippen LogP contribution in [0.5, 0.6) is 0 Å². The number of nitrogens with zero attached hydrogens (tertiary/aromatic N) is 2. The maximum Gasteiger partial charge on any atom is 0.263 e. The molecule has 4 aromatic rings. The molecule has 1 aliphatic heterocycles. The quantitative estimate of drug-likeness (QED) is 0.264. The number of rotatable bonds is 6. The SMILES string of the molecule is CC(C)[C@@H]1Cc2c(sc3nc(SCc4ccccc4)n(Cc4ccccc4)c(=O)c23)CO1. The van der Waals surface area contributed by atoms with Crippen LogP contribution in [-0.4, -0.2) is 15.7 Å². The van der Waals surface area contributed by atoms with Crippen molar-refractivity contribution in [3.05, 3.63) is 92.6 Å². The van der Waals surface area contributed by atoms with E-state index in [4.69, 9.17) is 9.72 Å². The summed E-state index contributed by atoms with van der Waals surface area (Å²) < 4.78 is 7.92. The van der Waals surface area contributed by atoms with E-state index in [1.54, 1.807) is 23.1 Å². The van der Waals surface area contributed by atoms with Gasteiger partial charge in [0, 0.05) is 17.1 Å². The number of benzene rings is 2. The number of hydrogen-bond acceptors (Lipinski definition) is 5. The summed E-state index contributed by atoms with van der Waals surface area (Å²) in [7, 11) is 0. The van der Waals surface area contributed by atoms with E-state index >= 15 is 0 Å². The van der Waals surface area contributed by atoms with E-state index in [1.165, 1.54) is 5.56 Å². The molecule has 4 nitrogen and oxygen atoms in total. The minimum Gasteiger partial charge on any atom is -0.372 e. The van der Waals surface area contributed by atoms with Crippen LogP contribution in [0.2, 0.25) is 0 Å². The second kappa shape index (κ2) is 9.22. The van der Waals surface area contributed by atoms with Crippen molar-refractivity contribution < 1.29 is 4.74 Å². The lowest BCUT2D eigenvalue weighted by Gasteiger charge is -2.26. The zero-order valence-corrected chi connectivity index (χ0v) is 19.9. The molecule has 0 aliphatic carbocycles. The van der Waals surface area contributed by atoms with Gasteiger partial charge >= 0.3 is 0 Å². The van der Waals surface area contributed by atoms with Crippen LogP contribution in [0.1, 0.15) is 35.4 Å². The van der Waals surface area contributed by atoms with Gasteiger partial charge in [-0.25, -0.2) is 4.98 Å². The topological polar surface area (TPSA) is 44.1 Å². The van der Waals surface area contributed by atoms with Crippen LogP contribution < -0.4 is 5.56 Å². The molecule has 6 heteroatoms. The fourth-order valence-electron chi connectivity index (χ4n) is 4.11. The summed E-state index contributed by atoms with van der Waals surface area (Å²) in [5.41, 5.74) is 3.53. The molecule has 0 N–H and O–H groups in total. The molecule has 0 bridgehead atoms. The van der Waals surface area contributed by atoms with Gasteiger partial charge in [0.25, 0.3) is 5.56 Å². The first kappa shape index (κ1) is 21.4. The molecule has 0 unspecified atom stereocenters. The molecule has 2 aromatic heterocycles. The van der Waals surface area contributed by atoms with E-state index < -0.39 is 0 Å². The summed E-state index contributed by atoms with van der Waals surface area (Å²) in [5, 5.41) is 1.56. The highest BCUT2D eigenvalue weighted by Crippen LogP contribution is 2.36. The van der Waals surface area contributed by atoms with Gasteiger partial charge < -0.3 is 4.74 Å². The first-order valence-electron chi connectivity index (χ1n) is 11.0. The third-order valence-corrected chi connectivity index (χ3v) is 8.08. The van der Waals surface area contributed by atoms with Gasteiger partial charge in [-0.15, -0.1) is 11.3 Å². The Morgan fingerprint density at radius 2 is 1.78 bits per heavy atom. The monoisotopic (exact) mass is 462 g/mol. The van der Waals surface area contributed by atoms with Crippen LogP contribution in [0.4, 0.5) is 0 Å². The van der Waals surface area contributed by atoms with E-state index in [9.17, 15) is 4.79 Å². The Balaban J connectivity index is 1.59. The Labute approximate surface area is 196 Å². The lowest BCUT2D eigenvalue weighted by molar-refractivity contribution is 0.00200. The summed E-state index contributed by atoms with van der Waals surface area (Å²) in [4.78, 5) is 20.9. The first-order chi connectivity index (χ1) is 15.6. The lowest BCUT2D eigenvalue weighted by atomic mass is 9.96. The maximum absolute atomic E-state index is 13.9. The predicted octanol–water partition coefficient (Wildman–Crippen LogP) is 5.90. The Morgan fingerprint density at radius 3 is 2.47 bits per heavy atom. The molecule has 0 fully saturated rings. The lowest BCUT2D eigenvalue weighted by Crippen LogP contribution is -2.28. The average Bonchev–Trinajstić information content (AvgIpc) is 3.19. The Morgan fingerprint density at radius 1 is 1.09 bits per heavy atom. The Bertz CT molecular complexity index is 1280. The molecule has 1 aliphatic rings. The molecule has 32 heavy (non-hydrogen) atoms. The second-order valence-electron chi connectivity index (χ2n) is 8.53. The summed E-state index contributed by atoms with van der Waals surface area (Å²) >= 11 is 3.24. The molecule has 0 radical (unpaired) electrons. The second-order valence-corrected chi connectivity index (χ2v) is 10.6. The standard InChI is InChI=1S/C26H26N2O2S2/c1-17(2)21-13-20-22(15-30-21)32-24-23(20)25(29)28(14-18-9-5-3-6-10-18)26(27-24)31-16-19-11-7-4-8-12-19/h3-12,17,21H,13-16H2,1-2H3/t21-/m0/s1. The maximum atomic E-state index is 13.9. The summed E-state index contributed by atoms with van der Waals surface area (Å²) in [6.07, 6.45) is 0.931. The fourth-order valence-corrected chi connectivity index (χ4v) is 6.23. The number of ether oxygens (including phenoxy) is 1. The molecule has 0 spiro atoms. The van der Waals surface area contributed by atoms with Crippen LogP contribution in [0.3, 0.4) is 0 Å². The van der Waals surface area contributed by atoms with E-state index in [1.807, 2.05) is 41.0 Å². The van der Waals surface area contributed by atoms with Crippen LogP contribution in [-0.2, 0) is 30.1 Å². The van der Waals surface area contributed by atoms with Crippen LogP contribution in [0, 0.1) is 5.92 Å². The zero-order valence-electron chi connectivity index (χ0n) is 18.3. The van der Waals surface area contributed by atoms with Gasteiger partial charge in [0.2, 0.25) is 0 Å². The highest BCUT2D eigenvalue weighted by molar-refractivity contribution is 7.98. The summed E-state index contributed by atoms with van der Waals surface area (Å²) in [6, 6.07) is 20.5. The number of aromatic nitrogens is 2. The van der Waals surface area contributed by atoms with Crippen molar-refractivity contribution in [1.82, 2.24) is 9.55 Å². The van der Waals surface area contributed by atoms with Crippen LogP contribution in [0.25, 0.3) is 10.2 Å². The number of thioether (sulfide) groups is 1. The molecule has 3 heterocycles. The Kier molecular flexibility index (Phi) is 6.17. The number of thiophene rings is 1. The molecular formula is C26H26N2O2S2. The minimum atomic E-state index is 0.0660. The van der Waals surface area contributed by atoms with Gasteiger partial charge in [-0.1, -0.05) is 86.3 Å². The summed E-state index contributed by atoms with van der Waals surface area (Å²) in [5.74, 6) is 1.19. The third-order valence-electron chi connectivity index (χ3n) is 5.93. The van der Waals surface area contributed by atoms with Gasteiger partial charge in [0.05, 0.1) is 24.6 Å². The molecule has 2 aromatic carbocycles. The van der Waals surface area contributed by atoms with Crippen molar-refractivity contribution in [2.75, 3.05) is 0 Å². The minimum absolute atomic E-state index is 0.0660. The summed E-state index contributed by atoms with van der Waals surface area (Å²) in [6.45, 7) is 5.45. The van der Waals surface area contributed by atoms with Crippen molar-refractivity contribution in [3.63, 3.8) is 0 Å². The van der Waals surface area contributed by atoms with E-state index in [2.05, 4.69) is 38.1 Å². The highest BCUT2D eigenvalue weighted by Gasteiger charge is 2.28. The molecule has 0 amide bonds. The molecular weight excluding hydrogens is 436 g/mol. The zero-order chi connectivity index (χ0) is 22.1. The van der Waals surface area contributed by atoms with Gasteiger partial charge in [-0.2, -0.15) is 0 Å². The van der Waals surface area contributed by atoms with E-state index in [0.29, 0.717) is 19.1 Å². The van der Waals surface area contributed by atoms with Crippen molar-refractivity contribution >= 4 is 33.3 Å². The number of fused-ring (bicyclic) bond motifs is 3. The molecule has 5 rings (SSSR count). The van der Waals surface area contributed by atoms with Gasteiger partial charge in [0.15, 0.2) is 5.16 Å². The largest absolute Gasteiger partial charge is 0.372 e. The first-order valence-corrected chi connectivity index (χ1v) is 12.8. The van der Waals surface area contributed by atoms with Crippen LogP contribution in [0.15, 0.2) is 70.6 Å². The van der Waals surface area contributed by atoms with E-state index in [-0.39, 0.29) is 11.7 Å². The van der Waals surface area contributed by atoms with Gasteiger partial charge in [0.1, 0.15) is 4.83 Å². The molecule has 0 saturated carbocycles. The Hall–Kier alpha value is -2.41. The highest BCUT2D eigenvalue weighted by atomic mass is 32.2. The predicted molar refractivity (Wildman–Crippen MR) is 133 cm³/mol. The van der Waals surface area contributed by atoms with Gasteiger partial charge in [-0.3, -0.25) is 9.36 Å². The van der Waals surface area contributed by atoms with Crippen molar-refractivity contribution in [3.8, 4) is 0 Å². The van der Waals surface area contributed by atoms with Gasteiger partial charge in [-0.05, 0) is 22.6 Å². The van der Waals surface area contributed by atoms with Crippen molar-refractivity contribution in [2.24, 2.45) is 5.92 Å². The van der Waals surface area contributed by atoms with Crippen LogP contribution >= 0.6 is 23.1 Å². The van der Waals surface area contributed by atoms with E-state index in [0.717, 1.165) is 43.6 Å². The van der Waals surface area contributed by atoms with Crippen molar-refractivity contribution in [2.45, 2.75) is 50.4 Å². The normalized spacial score (nSPS) is 15.9. The number of hydrogen-bond donors (Lipinski definition) is 0. The third kappa shape index (κ3) is 4.27. The fraction of sp³-hybridized carbons (Fsp3) is 0.308. The molecule has 164 valence electrons. The molecule has 1 atom stereocenters.